The minimum absolute atomic E-state index is 0.107. The Kier molecular flexibility index (Phi) is 4.37. The number of rotatable bonds is 4. The molecule has 5 nitrogen and oxygen atoms in total. The predicted molar refractivity (Wildman–Crippen MR) is 90.2 cm³/mol. The number of hydrogen-bond acceptors (Lipinski definition) is 2. The van der Waals surface area contributed by atoms with Crippen LogP contribution in [0.4, 0.5) is 4.79 Å². The van der Waals surface area contributed by atoms with Crippen molar-refractivity contribution in [3.8, 4) is 0 Å². The number of nitrogens with zero attached hydrogens (tertiary/aromatic N) is 2. The highest BCUT2D eigenvalue weighted by Crippen LogP contribution is 2.33. The van der Waals surface area contributed by atoms with Gasteiger partial charge in [0.25, 0.3) is 0 Å². The molecule has 3 rings (SSSR count). The van der Waals surface area contributed by atoms with Crippen LogP contribution < -0.4 is 10.6 Å². The van der Waals surface area contributed by atoms with E-state index in [0.717, 1.165) is 18.5 Å². The van der Waals surface area contributed by atoms with E-state index >= 15 is 0 Å². The van der Waals surface area contributed by atoms with Gasteiger partial charge < -0.3 is 10.6 Å². The minimum Gasteiger partial charge on any atom is -0.333 e. The molecule has 23 heavy (non-hydrogen) atoms. The summed E-state index contributed by atoms with van der Waals surface area (Å²) in [5, 5.41) is 10.1. The van der Waals surface area contributed by atoms with E-state index in [-0.39, 0.29) is 12.1 Å². The van der Waals surface area contributed by atoms with Gasteiger partial charge in [-0.1, -0.05) is 32.0 Å². The molecule has 122 valence electrons. The zero-order valence-electron chi connectivity index (χ0n) is 14.0. The molecule has 1 heterocycles. The Balaban J connectivity index is 1.62. The van der Waals surface area contributed by atoms with Crippen molar-refractivity contribution >= 4 is 6.03 Å². The average Bonchev–Trinajstić information content (AvgIpc) is 3.11. The molecule has 2 amide bonds. The van der Waals surface area contributed by atoms with Crippen LogP contribution in [0.25, 0.3) is 0 Å². The zero-order chi connectivity index (χ0) is 16.4. The molecular weight excluding hydrogens is 288 g/mol. The maximum atomic E-state index is 12.2. The molecule has 0 saturated heterocycles. The second-order valence-electron chi connectivity index (χ2n) is 6.48. The molecule has 0 aliphatic heterocycles. The lowest BCUT2D eigenvalue weighted by Gasteiger charge is -2.16. The molecule has 1 aromatic heterocycles. The van der Waals surface area contributed by atoms with Crippen LogP contribution in [0.5, 0.6) is 0 Å². The first kappa shape index (κ1) is 15.6. The number of benzene rings is 1. The molecule has 0 radical (unpaired) electrons. The van der Waals surface area contributed by atoms with Crippen LogP contribution >= 0.6 is 0 Å². The number of amides is 2. The molecule has 0 bridgehead atoms. The second-order valence-corrected chi connectivity index (χ2v) is 6.48. The fourth-order valence-electron chi connectivity index (χ4n) is 3.08. The first-order chi connectivity index (χ1) is 11.0. The zero-order valence-corrected chi connectivity index (χ0v) is 14.0. The Bertz CT molecular complexity index is 705. The number of aromatic nitrogens is 2. The summed E-state index contributed by atoms with van der Waals surface area (Å²) in [6.45, 7) is 4.87. The standard InChI is InChI=1S/C18H24N4O/c1-12(2)14-5-4-13-6-7-17(16(13)10-14)21-18(23)19-11-15-8-9-20-22(15)3/h4-5,8-10,12,17H,6-7,11H2,1-3H3,(H2,19,21,23). The van der Waals surface area contributed by atoms with Gasteiger partial charge in [-0.05, 0) is 41.5 Å². The van der Waals surface area contributed by atoms with Gasteiger partial charge in [0, 0.05) is 13.2 Å². The predicted octanol–water partition coefficient (Wildman–Crippen LogP) is 3.03. The fourth-order valence-corrected chi connectivity index (χ4v) is 3.08. The van der Waals surface area contributed by atoms with E-state index in [1.54, 1.807) is 10.9 Å². The molecule has 0 saturated carbocycles. The number of nitrogens with one attached hydrogen (secondary N) is 2. The third-order valence-electron chi connectivity index (χ3n) is 4.57. The smallest absolute Gasteiger partial charge is 0.315 e. The van der Waals surface area contributed by atoms with Gasteiger partial charge in [0.1, 0.15) is 0 Å². The van der Waals surface area contributed by atoms with Crippen molar-refractivity contribution in [3.05, 3.63) is 52.8 Å². The minimum atomic E-state index is -0.126. The Morgan fingerprint density at radius 1 is 1.39 bits per heavy atom. The van der Waals surface area contributed by atoms with Crippen molar-refractivity contribution in [2.45, 2.75) is 45.2 Å². The lowest BCUT2D eigenvalue weighted by atomic mass is 9.97. The molecule has 0 spiro atoms. The van der Waals surface area contributed by atoms with E-state index in [1.165, 1.54) is 16.7 Å². The normalized spacial score (nSPS) is 16.4. The molecule has 1 aliphatic rings. The SMILES string of the molecule is CC(C)c1ccc2c(c1)C(NC(=O)NCc1ccnn1C)CC2. The van der Waals surface area contributed by atoms with Crippen LogP contribution in [0, 0.1) is 0 Å². The molecule has 1 aromatic carbocycles. The van der Waals surface area contributed by atoms with Crippen molar-refractivity contribution in [1.29, 1.82) is 0 Å². The van der Waals surface area contributed by atoms with Crippen LogP contribution in [-0.2, 0) is 20.0 Å². The van der Waals surface area contributed by atoms with Gasteiger partial charge in [-0.2, -0.15) is 5.10 Å². The number of carbonyl (C=O) groups excluding carboxylic acids is 1. The summed E-state index contributed by atoms with van der Waals surface area (Å²) in [6.07, 6.45) is 3.73. The average molecular weight is 312 g/mol. The number of hydrogen-bond donors (Lipinski definition) is 2. The van der Waals surface area contributed by atoms with Gasteiger partial charge in [-0.15, -0.1) is 0 Å². The molecule has 1 aliphatic carbocycles. The van der Waals surface area contributed by atoms with Gasteiger partial charge in [-0.25, -0.2) is 4.79 Å². The largest absolute Gasteiger partial charge is 0.333 e. The summed E-state index contributed by atoms with van der Waals surface area (Å²) < 4.78 is 1.76. The van der Waals surface area contributed by atoms with Gasteiger partial charge in [0.05, 0.1) is 18.3 Å². The monoisotopic (exact) mass is 312 g/mol. The van der Waals surface area contributed by atoms with Crippen molar-refractivity contribution in [3.63, 3.8) is 0 Å². The number of aryl methyl sites for hydroxylation is 2. The summed E-state index contributed by atoms with van der Waals surface area (Å²) in [5.41, 5.74) is 4.93. The van der Waals surface area contributed by atoms with Crippen LogP contribution in [0.15, 0.2) is 30.5 Å². The Labute approximate surface area is 137 Å². The van der Waals surface area contributed by atoms with E-state index in [4.69, 9.17) is 0 Å². The highest BCUT2D eigenvalue weighted by Gasteiger charge is 2.24. The summed E-state index contributed by atoms with van der Waals surface area (Å²) in [6, 6.07) is 8.54. The van der Waals surface area contributed by atoms with Crippen LogP contribution in [-0.4, -0.2) is 15.8 Å². The van der Waals surface area contributed by atoms with Crippen molar-refractivity contribution in [1.82, 2.24) is 20.4 Å². The summed E-state index contributed by atoms with van der Waals surface area (Å²) in [4.78, 5) is 12.2. The molecule has 1 atom stereocenters. The van der Waals surface area contributed by atoms with E-state index in [0.29, 0.717) is 12.5 Å². The summed E-state index contributed by atoms with van der Waals surface area (Å²) >= 11 is 0. The first-order valence-electron chi connectivity index (χ1n) is 8.18. The Hall–Kier alpha value is -2.30. The highest BCUT2D eigenvalue weighted by molar-refractivity contribution is 5.74. The molecule has 0 fully saturated rings. The number of urea groups is 1. The molecule has 2 N–H and O–H groups in total. The van der Waals surface area contributed by atoms with Crippen LogP contribution in [0.1, 0.15) is 54.6 Å². The van der Waals surface area contributed by atoms with E-state index < -0.39 is 0 Å². The van der Waals surface area contributed by atoms with E-state index in [1.807, 2.05) is 13.1 Å². The first-order valence-corrected chi connectivity index (χ1v) is 8.18. The lowest BCUT2D eigenvalue weighted by Crippen LogP contribution is -2.37. The number of fused-ring (bicyclic) bond motifs is 1. The van der Waals surface area contributed by atoms with Gasteiger partial charge in [0.2, 0.25) is 0 Å². The van der Waals surface area contributed by atoms with Gasteiger partial charge in [0.15, 0.2) is 0 Å². The molecule has 2 aromatic rings. The molecular formula is C18H24N4O. The Morgan fingerprint density at radius 3 is 2.91 bits per heavy atom. The van der Waals surface area contributed by atoms with Gasteiger partial charge in [-0.3, -0.25) is 4.68 Å². The lowest BCUT2D eigenvalue weighted by molar-refractivity contribution is 0.236. The highest BCUT2D eigenvalue weighted by atomic mass is 16.2. The Morgan fingerprint density at radius 2 is 2.22 bits per heavy atom. The fraction of sp³-hybridized carbons (Fsp3) is 0.444. The van der Waals surface area contributed by atoms with Gasteiger partial charge >= 0.3 is 6.03 Å². The number of carbonyl (C=O) groups is 1. The topological polar surface area (TPSA) is 59.0 Å². The maximum absolute atomic E-state index is 12.2. The van der Waals surface area contributed by atoms with Crippen LogP contribution in [0.3, 0.4) is 0 Å². The van der Waals surface area contributed by atoms with Crippen molar-refractivity contribution in [2.75, 3.05) is 0 Å². The van der Waals surface area contributed by atoms with Crippen LogP contribution in [0.2, 0.25) is 0 Å². The third kappa shape index (κ3) is 3.38. The maximum Gasteiger partial charge on any atom is 0.315 e. The van der Waals surface area contributed by atoms with Crippen molar-refractivity contribution in [2.24, 2.45) is 7.05 Å². The molecule has 1 unspecified atom stereocenters. The van der Waals surface area contributed by atoms with E-state index in [9.17, 15) is 4.79 Å². The summed E-state index contributed by atoms with van der Waals surface area (Å²) in [5.74, 6) is 0.500. The second kappa shape index (κ2) is 6.44. The van der Waals surface area contributed by atoms with E-state index in [2.05, 4.69) is 47.8 Å². The summed E-state index contributed by atoms with van der Waals surface area (Å²) in [7, 11) is 1.87. The third-order valence-corrected chi connectivity index (χ3v) is 4.57. The quantitative estimate of drug-likeness (QED) is 0.911. The van der Waals surface area contributed by atoms with Crippen molar-refractivity contribution < 1.29 is 4.79 Å². The molecule has 5 heteroatoms.